The van der Waals surface area contributed by atoms with Gasteiger partial charge in [-0.15, -0.1) is 0 Å². The van der Waals surface area contributed by atoms with Crippen LogP contribution in [-0.4, -0.2) is 22.8 Å². The third kappa shape index (κ3) is 2.97. The Morgan fingerprint density at radius 2 is 1.73 bits per heavy atom. The van der Waals surface area contributed by atoms with Crippen molar-refractivity contribution in [2.45, 2.75) is 5.92 Å². The fourth-order valence-electron chi connectivity index (χ4n) is 4.36. The third-order valence-electron chi connectivity index (χ3n) is 5.67. The molecule has 2 heterocycles. The van der Waals surface area contributed by atoms with Gasteiger partial charge in [0.05, 0.1) is 11.6 Å². The molecule has 0 amide bonds. The number of aromatic nitrogens is 1. The first-order valence-electron chi connectivity index (χ1n) is 9.77. The molecule has 0 fully saturated rings. The van der Waals surface area contributed by atoms with E-state index in [0.717, 1.165) is 33.3 Å². The smallest absolute Gasteiger partial charge is 0.231 e. The number of benzene rings is 3. The zero-order chi connectivity index (χ0) is 20.7. The number of nitro groups is 1. The zero-order valence-electron chi connectivity index (χ0n) is 16.4. The normalized spacial score (nSPS) is 13.5. The highest BCUT2D eigenvalue weighted by Crippen LogP contribution is 2.43. The summed E-state index contributed by atoms with van der Waals surface area (Å²) in [5.74, 6) is 0.859. The van der Waals surface area contributed by atoms with Crippen LogP contribution >= 0.6 is 0 Å². The summed E-state index contributed by atoms with van der Waals surface area (Å²) in [5, 5.41) is 12.7. The van der Waals surface area contributed by atoms with Crippen LogP contribution in [-0.2, 0) is 7.05 Å². The van der Waals surface area contributed by atoms with Crippen molar-refractivity contribution in [1.29, 1.82) is 0 Å². The molecule has 1 aliphatic rings. The Kier molecular flexibility index (Phi) is 4.39. The van der Waals surface area contributed by atoms with Crippen LogP contribution in [0.2, 0.25) is 0 Å². The molecular formula is C24H20N2O4. The van der Waals surface area contributed by atoms with Crippen LogP contribution in [0.15, 0.2) is 72.8 Å². The molecule has 0 unspecified atom stereocenters. The van der Waals surface area contributed by atoms with E-state index in [1.54, 1.807) is 0 Å². The van der Waals surface area contributed by atoms with E-state index in [2.05, 4.69) is 4.57 Å². The lowest BCUT2D eigenvalue weighted by atomic mass is 9.87. The Labute approximate surface area is 173 Å². The summed E-state index contributed by atoms with van der Waals surface area (Å²) in [7, 11) is 2.01. The highest BCUT2D eigenvalue weighted by atomic mass is 16.7. The van der Waals surface area contributed by atoms with Crippen LogP contribution in [0, 0.1) is 10.1 Å². The van der Waals surface area contributed by atoms with Gasteiger partial charge in [0.15, 0.2) is 11.5 Å². The monoisotopic (exact) mass is 400 g/mol. The summed E-state index contributed by atoms with van der Waals surface area (Å²) in [4.78, 5) is 11.5. The first-order chi connectivity index (χ1) is 14.6. The summed E-state index contributed by atoms with van der Waals surface area (Å²) in [6, 6.07) is 23.7. The Morgan fingerprint density at radius 1 is 1.00 bits per heavy atom. The lowest BCUT2D eigenvalue weighted by Gasteiger charge is -2.17. The average molecular weight is 400 g/mol. The minimum atomic E-state index is -0.434. The van der Waals surface area contributed by atoms with E-state index >= 15 is 0 Å². The summed E-state index contributed by atoms with van der Waals surface area (Å²) < 4.78 is 13.1. The van der Waals surface area contributed by atoms with Gasteiger partial charge in [-0.05, 0) is 34.9 Å². The lowest BCUT2D eigenvalue weighted by molar-refractivity contribution is -0.481. The molecule has 0 aliphatic carbocycles. The van der Waals surface area contributed by atoms with Crippen LogP contribution in [0.5, 0.6) is 11.5 Å². The van der Waals surface area contributed by atoms with Crippen molar-refractivity contribution in [3.8, 4) is 22.8 Å². The maximum absolute atomic E-state index is 11.7. The van der Waals surface area contributed by atoms with Crippen molar-refractivity contribution in [3.05, 3.63) is 94.0 Å². The molecule has 4 aromatic rings. The lowest BCUT2D eigenvalue weighted by Crippen LogP contribution is -2.15. The molecule has 0 spiro atoms. The van der Waals surface area contributed by atoms with Gasteiger partial charge in [-0.1, -0.05) is 54.6 Å². The second kappa shape index (κ2) is 7.22. The summed E-state index contributed by atoms with van der Waals surface area (Å²) in [6.07, 6.45) is 0. The second-order valence-corrected chi connectivity index (χ2v) is 7.39. The van der Waals surface area contributed by atoms with E-state index in [1.807, 2.05) is 79.8 Å². The molecule has 0 N–H and O–H groups in total. The quantitative estimate of drug-likeness (QED) is 0.350. The van der Waals surface area contributed by atoms with Crippen LogP contribution < -0.4 is 9.47 Å². The van der Waals surface area contributed by atoms with Crippen molar-refractivity contribution >= 4 is 10.9 Å². The topological polar surface area (TPSA) is 66.5 Å². The SMILES string of the molecule is Cn1c(-c2ccccc2)c([C@@H](C[N+](=O)[O-])c2ccc3c(c2)OCO3)c2ccccc21. The molecule has 5 rings (SSSR count). The average Bonchev–Trinajstić information content (AvgIpc) is 3.35. The van der Waals surface area contributed by atoms with Gasteiger partial charge in [-0.2, -0.15) is 0 Å². The van der Waals surface area contributed by atoms with E-state index in [4.69, 9.17) is 9.47 Å². The van der Waals surface area contributed by atoms with Crippen LogP contribution in [0.1, 0.15) is 17.0 Å². The van der Waals surface area contributed by atoms with Gasteiger partial charge < -0.3 is 14.0 Å². The first-order valence-corrected chi connectivity index (χ1v) is 9.77. The maximum Gasteiger partial charge on any atom is 0.231 e. The van der Waals surface area contributed by atoms with Gasteiger partial charge in [-0.3, -0.25) is 10.1 Å². The Bertz CT molecular complexity index is 1250. The summed E-state index contributed by atoms with van der Waals surface area (Å²) >= 11 is 0. The zero-order valence-corrected chi connectivity index (χ0v) is 16.4. The van der Waals surface area contributed by atoms with E-state index in [0.29, 0.717) is 11.5 Å². The second-order valence-electron chi connectivity index (χ2n) is 7.39. The molecule has 1 atom stereocenters. The Hall–Kier alpha value is -3.80. The van der Waals surface area contributed by atoms with Gasteiger partial charge in [0, 0.05) is 22.9 Å². The minimum absolute atomic E-state index is 0.169. The molecule has 0 bridgehead atoms. The predicted octanol–water partition coefficient (Wildman–Crippen LogP) is 4.98. The number of hydrogen-bond donors (Lipinski definition) is 0. The molecule has 30 heavy (non-hydrogen) atoms. The van der Waals surface area contributed by atoms with Crippen molar-refractivity contribution in [2.24, 2.45) is 7.05 Å². The molecule has 0 saturated carbocycles. The molecule has 1 aliphatic heterocycles. The number of aryl methyl sites for hydroxylation is 1. The number of fused-ring (bicyclic) bond motifs is 2. The number of hydrogen-bond acceptors (Lipinski definition) is 4. The standard InChI is InChI=1S/C24H20N2O4/c1-25-20-10-6-5-9-18(20)23(24(25)16-7-3-2-4-8-16)19(14-26(27)28)17-11-12-21-22(13-17)30-15-29-21/h2-13,19H,14-15H2,1H3/t19-/m0/s1. The van der Waals surface area contributed by atoms with Crippen molar-refractivity contribution in [1.82, 2.24) is 4.57 Å². The van der Waals surface area contributed by atoms with Crippen LogP contribution in [0.3, 0.4) is 0 Å². The molecule has 1 aromatic heterocycles. The van der Waals surface area contributed by atoms with Crippen molar-refractivity contribution in [3.63, 3.8) is 0 Å². The van der Waals surface area contributed by atoms with E-state index < -0.39 is 5.92 Å². The first kappa shape index (κ1) is 18.2. The summed E-state index contributed by atoms with van der Waals surface area (Å²) in [5.41, 5.74) is 4.85. The molecule has 6 nitrogen and oxygen atoms in total. The van der Waals surface area contributed by atoms with E-state index in [1.165, 1.54) is 0 Å². The van der Waals surface area contributed by atoms with Crippen LogP contribution in [0.4, 0.5) is 0 Å². The molecule has 3 aromatic carbocycles. The Morgan fingerprint density at radius 3 is 2.53 bits per heavy atom. The Balaban J connectivity index is 1.79. The number of nitrogens with zero attached hydrogens (tertiary/aromatic N) is 2. The fourth-order valence-corrected chi connectivity index (χ4v) is 4.36. The number of para-hydroxylation sites is 1. The maximum atomic E-state index is 11.7. The number of rotatable bonds is 5. The fraction of sp³-hybridized carbons (Fsp3) is 0.167. The van der Waals surface area contributed by atoms with Crippen LogP contribution in [0.25, 0.3) is 22.2 Å². The van der Waals surface area contributed by atoms with Gasteiger partial charge in [0.25, 0.3) is 0 Å². The molecule has 0 radical (unpaired) electrons. The molecule has 0 saturated heterocycles. The minimum Gasteiger partial charge on any atom is -0.454 e. The van der Waals surface area contributed by atoms with Crippen molar-refractivity contribution in [2.75, 3.05) is 13.3 Å². The third-order valence-corrected chi connectivity index (χ3v) is 5.67. The van der Waals surface area contributed by atoms with Gasteiger partial charge in [-0.25, -0.2) is 0 Å². The largest absolute Gasteiger partial charge is 0.454 e. The molecule has 150 valence electrons. The molecular weight excluding hydrogens is 380 g/mol. The summed E-state index contributed by atoms with van der Waals surface area (Å²) in [6.45, 7) is -0.0459. The van der Waals surface area contributed by atoms with Gasteiger partial charge in [0.2, 0.25) is 13.3 Å². The molecule has 6 heteroatoms. The van der Waals surface area contributed by atoms with Crippen molar-refractivity contribution < 1.29 is 14.4 Å². The highest BCUT2D eigenvalue weighted by molar-refractivity contribution is 5.93. The number of ether oxygens (including phenoxy) is 2. The predicted molar refractivity (Wildman–Crippen MR) is 115 cm³/mol. The van der Waals surface area contributed by atoms with E-state index in [-0.39, 0.29) is 18.3 Å². The van der Waals surface area contributed by atoms with E-state index in [9.17, 15) is 10.1 Å². The highest BCUT2D eigenvalue weighted by Gasteiger charge is 2.30. The van der Waals surface area contributed by atoms with Gasteiger partial charge >= 0.3 is 0 Å². The van der Waals surface area contributed by atoms with Gasteiger partial charge in [0.1, 0.15) is 0 Å².